The monoisotopic (exact) mass is 503 g/mol. The van der Waals surface area contributed by atoms with E-state index in [2.05, 4.69) is 33.3 Å². The van der Waals surface area contributed by atoms with Crippen molar-refractivity contribution in [1.29, 1.82) is 0 Å². The first kappa shape index (κ1) is 22.9. The molecule has 8 nitrogen and oxygen atoms in total. The molecule has 0 radical (unpaired) electrons. The molecule has 3 aliphatic rings. The highest BCUT2D eigenvalue weighted by Crippen LogP contribution is 2.48. The normalized spacial score (nSPS) is 18.1. The van der Waals surface area contributed by atoms with Crippen LogP contribution in [-0.2, 0) is 11.8 Å². The van der Waals surface area contributed by atoms with Crippen molar-refractivity contribution < 1.29 is 14.3 Å². The van der Waals surface area contributed by atoms with Crippen molar-refractivity contribution in [3.63, 3.8) is 0 Å². The Morgan fingerprint density at radius 1 is 1.22 bits per heavy atom. The fourth-order valence-corrected chi connectivity index (χ4v) is 5.65. The van der Waals surface area contributed by atoms with Gasteiger partial charge in [-0.15, -0.1) is 0 Å². The molecule has 0 bridgehead atoms. The number of halogens is 1. The average Bonchev–Trinajstić information content (AvgIpc) is 3.46. The van der Waals surface area contributed by atoms with E-state index in [0.29, 0.717) is 22.6 Å². The molecule has 0 unspecified atom stereocenters. The molecule has 3 aromatic rings. The highest BCUT2D eigenvalue weighted by molar-refractivity contribution is 6.34. The number of likely N-dealkylation sites (tertiary alicyclic amines) is 2. The Bertz CT molecular complexity index is 1420. The molecular formula is C27H26ClN5O3. The van der Waals surface area contributed by atoms with Gasteiger partial charge in [0.2, 0.25) is 12.7 Å². The van der Waals surface area contributed by atoms with Crippen LogP contribution >= 0.6 is 11.6 Å². The van der Waals surface area contributed by atoms with Gasteiger partial charge in [0.15, 0.2) is 11.5 Å². The summed E-state index contributed by atoms with van der Waals surface area (Å²) in [5, 5.41) is 1.43. The van der Waals surface area contributed by atoms with Crippen LogP contribution in [0.25, 0.3) is 22.2 Å². The van der Waals surface area contributed by atoms with Gasteiger partial charge < -0.3 is 18.9 Å². The maximum Gasteiger partial charge on any atom is 0.245 e. The van der Waals surface area contributed by atoms with Gasteiger partial charge in [-0.25, -0.2) is 9.97 Å². The second-order valence-electron chi connectivity index (χ2n) is 9.38. The molecule has 1 amide bonds. The van der Waals surface area contributed by atoms with Crippen LogP contribution in [0.15, 0.2) is 37.3 Å². The van der Waals surface area contributed by atoms with Crippen molar-refractivity contribution in [3.05, 3.63) is 48.0 Å². The van der Waals surface area contributed by atoms with Crippen LogP contribution in [-0.4, -0.2) is 69.3 Å². The fraction of sp³-hybridized carbons (Fsp3) is 0.370. The summed E-state index contributed by atoms with van der Waals surface area (Å²) in [5.41, 5.74) is 3.23. The van der Waals surface area contributed by atoms with Crippen LogP contribution in [0.2, 0.25) is 5.02 Å². The third-order valence-corrected chi connectivity index (χ3v) is 7.68. The third-order valence-electron chi connectivity index (χ3n) is 7.36. The minimum Gasteiger partial charge on any atom is -0.454 e. The van der Waals surface area contributed by atoms with Gasteiger partial charge >= 0.3 is 0 Å². The minimum atomic E-state index is 0.0253. The van der Waals surface area contributed by atoms with Crippen LogP contribution in [0.4, 0.5) is 0 Å². The number of carbonyl (C=O) groups excluding carboxylic acids is 1. The molecule has 0 spiro atoms. The Labute approximate surface area is 214 Å². The maximum absolute atomic E-state index is 11.8. The van der Waals surface area contributed by atoms with E-state index in [4.69, 9.17) is 21.1 Å². The number of aromatic nitrogens is 3. The van der Waals surface area contributed by atoms with Gasteiger partial charge in [0.25, 0.3) is 0 Å². The van der Waals surface area contributed by atoms with E-state index >= 15 is 0 Å². The lowest BCUT2D eigenvalue weighted by molar-refractivity contribution is -0.127. The largest absolute Gasteiger partial charge is 0.454 e. The summed E-state index contributed by atoms with van der Waals surface area (Å²) in [5.74, 6) is 8.53. The minimum absolute atomic E-state index is 0.0253. The molecule has 36 heavy (non-hydrogen) atoms. The molecule has 6 rings (SSSR count). The molecule has 0 N–H and O–H groups in total. The van der Waals surface area contributed by atoms with Gasteiger partial charge in [0, 0.05) is 62.3 Å². The molecule has 0 saturated carbocycles. The van der Waals surface area contributed by atoms with Crippen molar-refractivity contribution in [1.82, 2.24) is 24.3 Å². The number of hydrogen-bond acceptors (Lipinski definition) is 6. The molecular weight excluding hydrogens is 478 g/mol. The van der Waals surface area contributed by atoms with Gasteiger partial charge in [-0.1, -0.05) is 24.1 Å². The Kier molecular flexibility index (Phi) is 5.82. The van der Waals surface area contributed by atoms with Gasteiger partial charge in [0.05, 0.1) is 10.6 Å². The lowest BCUT2D eigenvalue weighted by atomic mass is 9.93. The zero-order valence-corrected chi connectivity index (χ0v) is 20.8. The Morgan fingerprint density at radius 3 is 2.81 bits per heavy atom. The summed E-state index contributed by atoms with van der Waals surface area (Å²) < 4.78 is 13.4. The number of fused-ring (bicyclic) bond motifs is 2. The number of carbonyl (C=O) groups is 1. The van der Waals surface area contributed by atoms with Gasteiger partial charge in [-0.05, 0) is 37.0 Å². The lowest BCUT2D eigenvalue weighted by Crippen LogP contribution is -2.55. The van der Waals surface area contributed by atoms with E-state index in [9.17, 15) is 4.79 Å². The number of nitrogens with zero attached hydrogens (tertiary/aromatic N) is 5. The van der Waals surface area contributed by atoms with Gasteiger partial charge in [-0.3, -0.25) is 9.69 Å². The topological polar surface area (TPSA) is 72.7 Å². The van der Waals surface area contributed by atoms with E-state index in [-0.39, 0.29) is 18.6 Å². The standard InChI is InChI=1S/C27H26ClN5O3/c1-3-23(34)32-10-8-18(9-11-32)33-13-17(14-33)4-6-21-24(19-12-29-15-30-27(19)31(21)2)25-20(28)5-7-22-26(25)36-16-35-22/h3,5,7,12,15,17-18H,1,8-11,13-14,16H2,2H3. The van der Waals surface area contributed by atoms with E-state index in [1.54, 1.807) is 6.20 Å². The SMILES string of the molecule is C=CC(=O)N1CCC(N2CC(C#Cc3c(-c4c(Cl)ccc5c4OCO5)c4cncnc4n3C)C2)CC1. The van der Waals surface area contributed by atoms with E-state index in [1.165, 1.54) is 12.4 Å². The summed E-state index contributed by atoms with van der Waals surface area (Å²) >= 11 is 6.70. The molecule has 2 saturated heterocycles. The van der Waals surface area contributed by atoms with E-state index in [0.717, 1.165) is 66.9 Å². The predicted octanol–water partition coefficient (Wildman–Crippen LogP) is 3.48. The zero-order valence-electron chi connectivity index (χ0n) is 20.0. The third kappa shape index (κ3) is 3.80. The molecule has 3 aliphatic heterocycles. The Hall–Kier alpha value is -3.54. The van der Waals surface area contributed by atoms with Crippen molar-refractivity contribution >= 4 is 28.5 Å². The summed E-state index contributed by atoms with van der Waals surface area (Å²) in [7, 11) is 1.96. The number of ether oxygens (including phenoxy) is 2. The van der Waals surface area contributed by atoms with Crippen LogP contribution in [0.3, 0.4) is 0 Å². The van der Waals surface area contributed by atoms with Crippen LogP contribution < -0.4 is 9.47 Å². The molecule has 0 atom stereocenters. The van der Waals surface area contributed by atoms with Crippen molar-refractivity contribution in [3.8, 4) is 34.5 Å². The van der Waals surface area contributed by atoms with Crippen molar-refractivity contribution in [2.45, 2.75) is 18.9 Å². The van der Waals surface area contributed by atoms with E-state index < -0.39 is 0 Å². The van der Waals surface area contributed by atoms with Crippen molar-refractivity contribution in [2.75, 3.05) is 33.0 Å². The fourth-order valence-electron chi connectivity index (χ4n) is 5.40. The second kappa shape index (κ2) is 9.16. The summed E-state index contributed by atoms with van der Waals surface area (Å²) in [6.07, 6.45) is 6.72. The number of piperidine rings is 1. The van der Waals surface area contributed by atoms with Gasteiger partial charge in [0.1, 0.15) is 17.7 Å². The second-order valence-corrected chi connectivity index (χ2v) is 9.79. The molecule has 184 valence electrons. The molecule has 1 aromatic carbocycles. The van der Waals surface area contributed by atoms with Gasteiger partial charge in [-0.2, -0.15) is 0 Å². The Morgan fingerprint density at radius 2 is 2.03 bits per heavy atom. The summed E-state index contributed by atoms with van der Waals surface area (Å²) in [4.78, 5) is 25.0. The smallest absolute Gasteiger partial charge is 0.245 e. The molecule has 0 aliphatic carbocycles. The van der Waals surface area contributed by atoms with Crippen LogP contribution in [0.5, 0.6) is 11.5 Å². The van der Waals surface area contributed by atoms with Crippen LogP contribution in [0, 0.1) is 17.8 Å². The number of hydrogen-bond donors (Lipinski definition) is 0. The van der Waals surface area contributed by atoms with E-state index in [1.807, 2.05) is 28.6 Å². The zero-order chi connectivity index (χ0) is 24.8. The highest BCUT2D eigenvalue weighted by atomic mass is 35.5. The number of rotatable bonds is 3. The molecule has 2 aromatic heterocycles. The first-order valence-corrected chi connectivity index (χ1v) is 12.5. The molecule has 9 heteroatoms. The number of amides is 1. The van der Waals surface area contributed by atoms with Crippen molar-refractivity contribution in [2.24, 2.45) is 13.0 Å². The molecule has 5 heterocycles. The number of benzene rings is 1. The first-order valence-electron chi connectivity index (χ1n) is 12.1. The maximum atomic E-state index is 11.8. The highest BCUT2D eigenvalue weighted by Gasteiger charge is 2.34. The predicted molar refractivity (Wildman–Crippen MR) is 137 cm³/mol. The lowest BCUT2D eigenvalue weighted by Gasteiger charge is -2.45. The number of aryl methyl sites for hydroxylation is 1. The van der Waals surface area contributed by atoms with Crippen LogP contribution in [0.1, 0.15) is 18.5 Å². The molecule has 2 fully saturated rings. The first-order chi connectivity index (χ1) is 17.5. The quantitative estimate of drug-likeness (QED) is 0.402. The average molecular weight is 504 g/mol. The Balaban J connectivity index is 1.26. The summed E-state index contributed by atoms with van der Waals surface area (Å²) in [6, 6.07) is 4.15. The summed E-state index contributed by atoms with van der Waals surface area (Å²) in [6.45, 7) is 7.20.